The largest absolute Gasteiger partial charge is 0.457 e. The fourth-order valence-corrected chi connectivity index (χ4v) is 2.26. The lowest BCUT2D eigenvalue weighted by Gasteiger charge is -2.17. The molecule has 0 aliphatic carbocycles. The van der Waals surface area contributed by atoms with Crippen molar-refractivity contribution in [2.45, 2.75) is 39.5 Å². The molecule has 1 aromatic carbocycles. The Hall–Kier alpha value is -2.17. The molecule has 0 aromatic heterocycles. The molecule has 1 aliphatic rings. The number of carbonyl (C=O) groups is 3. The van der Waals surface area contributed by atoms with Gasteiger partial charge in [0.25, 0.3) is 0 Å². The van der Waals surface area contributed by atoms with E-state index >= 15 is 0 Å². The van der Waals surface area contributed by atoms with E-state index in [0.29, 0.717) is 30.7 Å². The van der Waals surface area contributed by atoms with Crippen molar-refractivity contribution in [1.29, 1.82) is 0 Å². The predicted octanol–water partition coefficient (Wildman–Crippen LogP) is 2.73. The number of aryl methyl sites for hydroxylation is 1. The van der Waals surface area contributed by atoms with E-state index in [2.05, 4.69) is 5.32 Å². The summed E-state index contributed by atoms with van der Waals surface area (Å²) >= 11 is 0. The summed E-state index contributed by atoms with van der Waals surface area (Å²) < 4.78 is 5.01. The number of benzene rings is 1. The SMILES string of the molecule is CC(C)CCC(=O)OCC(=O)c1ccc2c(c1)CCC(=O)N2. The number of hydrogen-bond donors (Lipinski definition) is 1. The molecule has 0 saturated heterocycles. The van der Waals surface area contributed by atoms with Crippen LogP contribution in [-0.4, -0.2) is 24.3 Å². The molecule has 118 valence electrons. The number of rotatable bonds is 6. The minimum Gasteiger partial charge on any atom is -0.457 e. The van der Waals surface area contributed by atoms with Gasteiger partial charge in [-0.15, -0.1) is 0 Å². The van der Waals surface area contributed by atoms with Crippen molar-refractivity contribution in [2.75, 3.05) is 11.9 Å². The van der Waals surface area contributed by atoms with Crippen molar-refractivity contribution in [3.8, 4) is 0 Å². The van der Waals surface area contributed by atoms with Crippen molar-refractivity contribution >= 4 is 23.3 Å². The number of fused-ring (bicyclic) bond motifs is 1. The number of anilines is 1. The molecule has 1 N–H and O–H groups in total. The van der Waals surface area contributed by atoms with Crippen LogP contribution in [0.4, 0.5) is 5.69 Å². The van der Waals surface area contributed by atoms with Crippen LogP contribution in [-0.2, 0) is 20.7 Å². The van der Waals surface area contributed by atoms with Crippen LogP contribution in [0, 0.1) is 5.92 Å². The van der Waals surface area contributed by atoms with Gasteiger partial charge in [0.15, 0.2) is 12.4 Å². The van der Waals surface area contributed by atoms with Gasteiger partial charge in [0.1, 0.15) is 0 Å². The van der Waals surface area contributed by atoms with Crippen LogP contribution in [0.25, 0.3) is 0 Å². The molecule has 5 heteroatoms. The molecule has 1 aliphatic heterocycles. The van der Waals surface area contributed by atoms with Crippen LogP contribution >= 0.6 is 0 Å². The standard InChI is InChI=1S/C17H21NO4/c1-11(2)3-8-17(21)22-10-15(19)13-4-6-14-12(9-13)5-7-16(20)18-14/h4,6,9,11H,3,5,7-8,10H2,1-2H3,(H,18,20). The van der Waals surface area contributed by atoms with Crippen LogP contribution in [0.2, 0.25) is 0 Å². The van der Waals surface area contributed by atoms with E-state index in [1.165, 1.54) is 0 Å². The van der Waals surface area contributed by atoms with Gasteiger partial charge in [-0.2, -0.15) is 0 Å². The van der Waals surface area contributed by atoms with Gasteiger partial charge in [0.05, 0.1) is 0 Å². The third kappa shape index (κ3) is 4.41. The zero-order valence-electron chi connectivity index (χ0n) is 13.0. The molecule has 0 unspecified atom stereocenters. The molecule has 0 spiro atoms. The number of nitrogens with one attached hydrogen (secondary N) is 1. The summed E-state index contributed by atoms with van der Waals surface area (Å²) in [4.78, 5) is 34.9. The first kappa shape index (κ1) is 16.2. The van der Waals surface area contributed by atoms with Crippen LogP contribution in [0.1, 0.15) is 49.0 Å². The van der Waals surface area contributed by atoms with Gasteiger partial charge >= 0.3 is 5.97 Å². The Labute approximate surface area is 130 Å². The average Bonchev–Trinajstić information content (AvgIpc) is 2.49. The van der Waals surface area contributed by atoms with Gasteiger partial charge in [-0.3, -0.25) is 14.4 Å². The second-order valence-electron chi connectivity index (χ2n) is 5.94. The molecule has 5 nitrogen and oxygen atoms in total. The number of esters is 1. The van der Waals surface area contributed by atoms with Crippen molar-refractivity contribution in [2.24, 2.45) is 5.92 Å². The second kappa shape index (κ2) is 7.20. The van der Waals surface area contributed by atoms with Gasteiger partial charge in [-0.05, 0) is 42.5 Å². The molecule has 0 atom stereocenters. The van der Waals surface area contributed by atoms with Crippen LogP contribution in [0.3, 0.4) is 0 Å². The summed E-state index contributed by atoms with van der Waals surface area (Å²) in [5.74, 6) is -0.144. The van der Waals surface area contributed by atoms with E-state index < -0.39 is 0 Å². The predicted molar refractivity (Wildman–Crippen MR) is 82.8 cm³/mol. The quantitative estimate of drug-likeness (QED) is 0.648. The number of amides is 1. The highest BCUT2D eigenvalue weighted by molar-refractivity contribution is 6.00. The fraction of sp³-hybridized carbons (Fsp3) is 0.471. The molecular formula is C17H21NO4. The summed E-state index contributed by atoms with van der Waals surface area (Å²) in [7, 11) is 0. The highest BCUT2D eigenvalue weighted by Crippen LogP contribution is 2.23. The van der Waals surface area contributed by atoms with Gasteiger partial charge in [0, 0.05) is 24.1 Å². The molecule has 0 bridgehead atoms. The van der Waals surface area contributed by atoms with E-state index in [4.69, 9.17) is 4.74 Å². The van der Waals surface area contributed by atoms with Gasteiger partial charge < -0.3 is 10.1 Å². The average molecular weight is 303 g/mol. The van der Waals surface area contributed by atoms with Crippen LogP contribution in [0.5, 0.6) is 0 Å². The first-order valence-corrected chi connectivity index (χ1v) is 7.57. The summed E-state index contributed by atoms with van der Waals surface area (Å²) in [5.41, 5.74) is 2.20. The number of ketones is 1. The summed E-state index contributed by atoms with van der Waals surface area (Å²) in [6.07, 6.45) is 2.14. The van der Waals surface area contributed by atoms with E-state index in [-0.39, 0.29) is 24.3 Å². The minimum absolute atomic E-state index is 0.00865. The highest BCUT2D eigenvalue weighted by Gasteiger charge is 2.17. The van der Waals surface area contributed by atoms with Crippen molar-refractivity contribution in [3.05, 3.63) is 29.3 Å². The van der Waals surface area contributed by atoms with Gasteiger partial charge in [-0.1, -0.05) is 13.8 Å². The molecule has 2 rings (SSSR count). The first-order valence-electron chi connectivity index (χ1n) is 7.57. The monoisotopic (exact) mass is 303 g/mol. The topological polar surface area (TPSA) is 72.5 Å². The highest BCUT2D eigenvalue weighted by atomic mass is 16.5. The Morgan fingerprint density at radius 1 is 1.27 bits per heavy atom. The first-order chi connectivity index (χ1) is 10.5. The van der Waals surface area contributed by atoms with Gasteiger partial charge in [-0.25, -0.2) is 0 Å². The lowest BCUT2D eigenvalue weighted by Crippen LogP contribution is -2.20. The Bertz CT molecular complexity index is 592. The van der Waals surface area contributed by atoms with E-state index in [1.807, 2.05) is 13.8 Å². The lowest BCUT2D eigenvalue weighted by atomic mass is 9.99. The fourth-order valence-electron chi connectivity index (χ4n) is 2.26. The van der Waals surface area contributed by atoms with Gasteiger partial charge in [0.2, 0.25) is 5.91 Å². The number of Topliss-reactive ketones (excluding diaryl/α,β-unsaturated/α-hetero) is 1. The molecule has 0 fully saturated rings. The molecule has 1 heterocycles. The Morgan fingerprint density at radius 3 is 2.77 bits per heavy atom. The minimum atomic E-state index is -0.340. The number of hydrogen-bond acceptors (Lipinski definition) is 4. The Balaban J connectivity index is 1.90. The number of ether oxygens (including phenoxy) is 1. The maximum absolute atomic E-state index is 12.1. The summed E-state index contributed by atoms with van der Waals surface area (Å²) in [6, 6.07) is 5.13. The number of carbonyl (C=O) groups excluding carboxylic acids is 3. The molecule has 0 saturated carbocycles. The molecule has 0 radical (unpaired) electrons. The van der Waals surface area contributed by atoms with Crippen molar-refractivity contribution in [1.82, 2.24) is 0 Å². The molecule has 22 heavy (non-hydrogen) atoms. The molecular weight excluding hydrogens is 282 g/mol. The maximum Gasteiger partial charge on any atom is 0.306 e. The Morgan fingerprint density at radius 2 is 2.05 bits per heavy atom. The van der Waals surface area contributed by atoms with E-state index in [1.54, 1.807) is 18.2 Å². The van der Waals surface area contributed by atoms with E-state index in [9.17, 15) is 14.4 Å². The zero-order chi connectivity index (χ0) is 16.1. The van der Waals surface area contributed by atoms with Crippen LogP contribution < -0.4 is 5.32 Å². The van der Waals surface area contributed by atoms with E-state index in [0.717, 1.165) is 17.7 Å². The molecule has 1 amide bonds. The third-order valence-electron chi connectivity index (χ3n) is 3.61. The lowest BCUT2D eigenvalue weighted by molar-refractivity contribution is -0.142. The smallest absolute Gasteiger partial charge is 0.306 e. The third-order valence-corrected chi connectivity index (χ3v) is 3.61. The van der Waals surface area contributed by atoms with Crippen molar-refractivity contribution < 1.29 is 19.1 Å². The van der Waals surface area contributed by atoms with Crippen LogP contribution in [0.15, 0.2) is 18.2 Å². The second-order valence-corrected chi connectivity index (χ2v) is 5.94. The normalized spacial score (nSPS) is 13.5. The maximum atomic E-state index is 12.1. The van der Waals surface area contributed by atoms with Crippen molar-refractivity contribution in [3.63, 3.8) is 0 Å². The summed E-state index contributed by atoms with van der Waals surface area (Å²) in [6.45, 7) is 3.83. The molecule has 1 aromatic rings. The summed E-state index contributed by atoms with van der Waals surface area (Å²) in [5, 5.41) is 2.77. The zero-order valence-corrected chi connectivity index (χ0v) is 13.0. The Kier molecular flexibility index (Phi) is 5.31.